The minimum atomic E-state index is -0.517. The van der Waals surface area contributed by atoms with E-state index in [1.54, 1.807) is 28.9 Å². The van der Waals surface area contributed by atoms with Crippen molar-refractivity contribution in [3.8, 4) is 5.88 Å². The Balaban J connectivity index is 1.73. The van der Waals surface area contributed by atoms with Gasteiger partial charge in [0.1, 0.15) is 16.7 Å². The topological polar surface area (TPSA) is 69.0 Å². The van der Waals surface area contributed by atoms with Crippen molar-refractivity contribution in [2.45, 2.75) is 58.3 Å². The first-order chi connectivity index (χ1) is 12.0. The van der Waals surface area contributed by atoms with E-state index in [-0.39, 0.29) is 18.1 Å². The first-order valence-electron chi connectivity index (χ1n) is 8.65. The second kappa shape index (κ2) is 6.30. The van der Waals surface area contributed by atoms with Crippen LogP contribution < -0.4 is 4.74 Å². The summed E-state index contributed by atoms with van der Waals surface area (Å²) in [4.78, 5) is 18.3. The van der Waals surface area contributed by atoms with Gasteiger partial charge in [0.2, 0.25) is 5.88 Å². The molecule has 8 heteroatoms. The van der Waals surface area contributed by atoms with E-state index in [9.17, 15) is 4.79 Å². The van der Waals surface area contributed by atoms with Gasteiger partial charge in [0.15, 0.2) is 5.15 Å². The van der Waals surface area contributed by atoms with E-state index in [1.165, 1.54) is 0 Å². The van der Waals surface area contributed by atoms with E-state index in [2.05, 4.69) is 17.0 Å². The number of halogens is 1. The van der Waals surface area contributed by atoms with Crippen molar-refractivity contribution < 1.29 is 14.3 Å². The van der Waals surface area contributed by atoms with Crippen molar-refractivity contribution in [2.24, 2.45) is 5.92 Å². The molecule has 1 aliphatic carbocycles. The lowest BCUT2D eigenvalue weighted by atomic mass is 9.66. The van der Waals surface area contributed by atoms with Crippen LogP contribution >= 0.6 is 11.6 Å². The molecule has 1 aliphatic rings. The SMILES string of the molecule is CC1C(N(C)C(=O)OC(C)(C)C)CC1(C)Oc1nc(Cl)cn2nccc12. The molecule has 26 heavy (non-hydrogen) atoms. The zero-order valence-corrected chi connectivity index (χ0v) is 16.7. The predicted octanol–water partition coefficient (Wildman–Crippen LogP) is 3.80. The van der Waals surface area contributed by atoms with Gasteiger partial charge < -0.3 is 14.4 Å². The molecule has 3 unspecified atom stereocenters. The molecule has 1 fully saturated rings. The van der Waals surface area contributed by atoms with Gasteiger partial charge in [0, 0.05) is 25.4 Å². The molecule has 0 aliphatic heterocycles. The molecular weight excluding hydrogens is 356 g/mol. The average molecular weight is 381 g/mol. The van der Waals surface area contributed by atoms with Gasteiger partial charge in [0.05, 0.1) is 12.4 Å². The molecule has 0 saturated heterocycles. The minimum Gasteiger partial charge on any atom is -0.469 e. The van der Waals surface area contributed by atoms with Crippen LogP contribution in [0.15, 0.2) is 18.5 Å². The van der Waals surface area contributed by atoms with Crippen LogP contribution in [-0.4, -0.2) is 49.9 Å². The zero-order valence-electron chi connectivity index (χ0n) is 16.0. The molecule has 0 aromatic carbocycles. The highest BCUT2D eigenvalue weighted by Gasteiger charge is 2.53. The van der Waals surface area contributed by atoms with Crippen LogP contribution in [0.3, 0.4) is 0 Å². The maximum Gasteiger partial charge on any atom is 0.410 e. The highest BCUT2D eigenvalue weighted by atomic mass is 35.5. The second-order valence-corrected chi connectivity index (χ2v) is 8.48. The number of aromatic nitrogens is 3. The van der Waals surface area contributed by atoms with Crippen LogP contribution in [0.4, 0.5) is 4.79 Å². The number of hydrogen-bond donors (Lipinski definition) is 0. The number of rotatable bonds is 3. The lowest BCUT2D eigenvalue weighted by Gasteiger charge is -2.53. The summed E-state index contributed by atoms with van der Waals surface area (Å²) in [6, 6.07) is 1.87. The van der Waals surface area contributed by atoms with Crippen molar-refractivity contribution in [2.75, 3.05) is 7.05 Å². The van der Waals surface area contributed by atoms with Gasteiger partial charge in [-0.1, -0.05) is 18.5 Å². The van der Waals surface area contributed by atoms with Gasteiger partial charge in [-0.2, -0.15) is 10.1 Å². The number of carbonyl (C=O) groups is 1. The van der Waals surface area contributed by atoms with Gasteiger partial charge in [0.25, 0.3) is 0 Å². The normalized spacial score (nSPS) is 25.7. The molecule has 0 radical (unpaired) electrons. The third-order valence-corrected chi connectivity index (χ3v) is 5.17. The maximum atomic E-state index is 12.3. The average Bonchev–Trinajstić information content (AvgIpc) is 2.98. The van der Waals surface area contributed by atoms with Gasteiger partial charge in [-0.05, 0) is 33.8 Å². The first kappa shape index (κ1) is 18.8. The molecule has 1 amide bonds. The Morgan fingerprint density at radius 2 is 2.15 bits per heavy atom. The zero-order chi connectivity index (χ0) is 19.3. The van der Waals surface area contributed by atoms with Crippen molar-refractivity contribution in [3.63, 3.8) is 0 Å². The molecule has 2 aromatic rings. The lowest BCUT2D eigenvalue weighted by Crippen LogP contribution is -2.64. The number of amides is 1. The van der Waals surface area contributed by atoms with Crippen LogP contribution in [0, 0.1) is 5.92 Å². The summed E-state index contributed by atoms with van der Waals surface area (Å²) in [5.41, 5.74) is -0.216. The van der Waals surface area contributed by atoms with Crippen LogP contribution in [0.1, 0.15) is 41.0 Å². The number of carbonyl (C=O) groups excluding carboxylic acids is 1. The fraction of sp³-hybridized carbons (Fsp3) is 0.611. The van der Waals surface area contributed by atoms with Gasteiger partial charge in [-0.15, -0.1) is 0 Å². The molecular formula is C18H25ClN4O3. The quantitative estimate of drug-likeness (QED) is 0.810. The number of ether oxygens (including phenoxy) is 2. The van der Waals surface area contributed by atoms with Crippen molar-refractivity contribution in [1.82, 2.24) is 19.5 Å². The highest BCUT2D eigenvalue weighted by molar-refractivity contribution is 6.29. The summed E-state index contributed by atoms with van der Waals surface area (Å²) in [7, 11) is 1.77. The Morgan fingerprint density at radius 3 is 2.77 bits per heavy atom. The van der Waals surface area contributed by atoms with Crippen molar-refractivity contribution in [1.29, 1.82) is 0 Å². The second-order valence-electron chi connectivity index (χ2n) is 8.10. The Hall–Kier alpha value is -2.02. The van der Waals surface area contributed by atoms with E-state index in [4.69, 9.17) is 21.1 Å². The molecule has 3 rings (SSSR count). The minimum absolute atomic E-state index is 0.0370. The molecule has 0 N–H and O–H groups in total. The summed E-state index contributed by atoms with van der Waals surface area (Å²) in [6.45, 7) is 9.66. The van der Waals surface area contributed by atoms with Gasteiger partial charge >= 0.3 is 6.09 Å². The summed E-state index contributed by atoms with van der Waals surface area (Å²) < 4.78 is 13.3. The number of fused-ring (bicyclic) bond motifs is 1. The maximum absolute atomic E-state index is 12.3. The first-order valence-corrected chi connectivity index (χ1v) is 9.03. The molecule has 142 valence electrons. The fourth-order valence-electron chi connectivity index (χ4n) is 3.27. The monoisotopic (exact) mass is 380 g/mol. The molecule has 7 nitrogen and oxygen atoms in total. The molecule has 3 atom stereocenters. The van der Waals surface area contributed by atoms with E-state index in [0.29, 0.717) is 17.5 Å². The molecule has 2 aromatic heterocycles. The Morgan fingerprint density at radius 1 is 1.46 bits per heavy atom. The number of hydrogen-bond acceptors (Lipinski definition) is 5. The molecule has 2 heterocycles. The summed E-state index contributed by atoms with van der Waals surface area (Å²) in [5.74, 6) is 0.548. The van der Waals surface area contributed by atoms with Crippen molar-refractivity contribution in [3.05, 3.63) is 23.6 Å². The summed E-state index contributed by atoms with van der Waals surface area (Å²) in [6.07, 6.45) is 3.66. The predicted molar refractivity (Wildman–Crippen MR) is 98.6 cm³/mol. The van der Waals surface area contributed by atoms with E-state index >= 15 is 0 Å². The van der Waals surface area contributed by atoms with E-state index in [1.807, 2.05) is 33.8 Å². The Labute approximate surface area is 158 Å². The Bertz CT molecular complexity index is 831. The van der Waals surface area contributed by atoms with Gasteiger partial charge in [-0.25, -0.2) is 9.31 Å². The van der Waals surface area contributed by atoms with Crippen molar-refractivity contribution >= 4 is 23.2 Å². The van der Waals surface area contributed by atoms with E-state index < -0.39 is 11.2 Å². The third kappa shape index (κ3) is 3.45. The standard InChI is InChI=1S/C18H25ClN4O3/c1-11-13(22(6)16(24)26-17(2,3)4)9-18(11,5)25-15-12-7-8-20-23(12)10-14(19)21-15/h7-8,10-11,13H,9H2,1-6H3. The highest BCUT2D eigenvalue weighted by Crippen LogP contribution is 2.45. The third-order valence-electron chi connectivity index (χ3n) is 4.99. The molecule has 0 spiro atoms. The smallest absolute Gasteiger partial charge is 0.410 e. The lowest BCUT2D eigenvalue weighted by molar-refractivity contribution is -0.108. The molecule has 1 saturated carbocycles. The molecule has 0 bridgehead atoms. The largest absolute Gasteiger partial charge is 0.469 e. The summed E-state index contributed by atoms with van der Waals surface area (Å²) >= 11 is 6.07. The van der Waals surface area contributed by atoms with Gasteiger partial charge in [-0.3, -0.25) is 0 Å². The van der Waals surface area contributed by atoms with Crippen LogP contribution in [0.2, 0.25) is 5.15 Å². The van der Waals surface area contributed by atoms with E-state index in [0.717, 1.165) is 5.52 Å². The van der Waals surface area contributed by atoms with Crippen LogP contribution in [0.25, 0.3) is 5.52 Å². The fourth-order valence-corrected chi connectivity index (χ4v) is 3.44. The summed E-state index contributed by atoms with van der Waals surface area (Å²) in [5, 5.41) is 4.49. The van der Waals surface area contributed by atoms with Crippen LogP contribution in [0.5, 0.6) is 5.88 Å². The number of nitrogens with zero attached hydrogens (tertiary/aromatic N) is 4. The Kier molecular flexibility index (Phi) is 4.55. The van der Waals surface area contributed by atoms with Crippen LogP contribution in [-0.2, 0) is 4.74 Å².